The van der Waals surface area contributed by atoms with Crippen LogP contribution in [0.15, 0.2) is 83.8 Å². The van der Waals surface area contributed by atoms with Gasteiger partial charge in [-0.05, 0) is 35.4 Å². The summed E-state index contributed by atoms with van der Waals surface area (Å²) in [5.41, 5.74) is 1.88. The number of carbonyl (C=O) groups excluding carboxylic acids is 1. The van der Waals surface area contributed by atoms with E-state index < -0.39 is 0 Å². The van der Waals surface area contributed by atoms with E-state index in [9.17, 15) is 4.79 Å². The minimum atomic E-state index is -0.263. The molecule has 0 bridgehead atoms. The highest BCUT2D eigenvalue weighted by atomic mass is 35.5. The molecule has 0 spiro atoms. The highest BCUT2D eigenvalue weighted by Gasteiger charge is 2.39. The second kappa shape index (κ2) is 8.71. The summed E-state index contributed by atoms with van der Waals surface area (Å²) < 4.78 is 0. The normalized spacial score (nSPS) is 22.2. The summed E-state index contributed by atoms with van der Waals surface area (Å²) >= 11 is 14.5. The molecule has 0 radical (unpaired) electrons. The second-order valence-corrected chi connectivity index (χ2v) is 8.79. The number of benzene rings is 3. The van der Waals surface area contributed by atoms with Crippen LogP contribution in [0.2, 0.25) is 10.0 Å². The molecule has 2 nitrogen and oxygen atoms in total. The summed E-state index contributed by atoms with van der Waals surface area (Å²) in [5.74, 6) is 0.197. The number of halogens is 2. The average Bonchev–Trinajstić information content (AvgIpc) is 2.71. The third-order valence-electron chi connectivity index (χ3n) is 4.93. The lowest BCUT2D eigenvalue weighted by Crippen LogP contribution is -2.44. The van der Waals surface area contributed by atoms with Crippen molar-refractivity contribution in [3.05, 3.63) is 100 Å². The molecule has 3 unspecified atom stereocenters. The molecule has 0 aromatic heterocycles. The SMILES string of the molecule is O=C1CC(c2ccccc2Cl)NC(c2ccccc2Cl)C1Sc1ccccc1. The van der Waals surface area contributed by atoms with Crippen molar-refractivity contribution in [1.29, 1.82) is 0 Å². The topological polar surface area (TPSA) is 29.1 Å². The van der Waals surface area contributed by atoms with E-state index in [2.05, 4.69) is 5.32 Å². The fourth-order valence-electron chi connectivity index (χ4n) is 3.58. The Balaban J connectivity index is 1.71. The number of hydrogen-bond acceptors (Lipinski definition) is 3. The van der Waals surface area contributed by atoms with Crippen molar-refractivity contribution in [2.24, 2.45) is 0 Å². The Hall–Kier alpha value is -1.78. The molecule has 3 aromatic rings. The predicted octanol–water partition coefficient (Wildman–Crippen LogP) is 6.50. The molecule has 1 N–H and O–H groups in total. The molecule has 1 heterocycles. The Morgan fingerprint density at radius 2 is 1.36 bits per heavy atom. The third-order valence-corrected chi connectivity index (χ3v) is 6.96. The highest BCUT2D eigenvalue weighted by Crippen LogP contribution is 2.42. The number of Topliss-reactive ketones (excluding diaryl/α,β-unsaturated/α-hetero) is 1. The maximum absolute atomic E-state index is 13.2. The maximum atomic E-state index is 13.2. The first kappa shape index (κ1) is 19.5. The smallest absolute Gasteiger partial charge is 0.150 e. The quantitative estimate of drug-likeness (QED) is 0.514. The number of rotatable bonds is 4. The minimum Gasteiger partial charge on any atom is -0.301 e. The van der Waals surface area contributed by atoms with E-state index >= 15 is 0 Å². The molecule has 28 heavy (non-hydrogen) atoms. The first-order chi connectivity index (χ1) is 13.6. The van der Waals surface area contributed by atoms with Gasteiger partial charge in [0.05, 0.1) is 11.3 Å². The van der Waals surface area contributed by atoms with Crippen LogP contribution >= 0.6 is 35.0 Å². The zero-order chi connectivity index (χ0) is 19.5. The van der Waals surface area contributed by atoms with Crippen molar-refractivity contribution in [2.45, 2.75) is 28.6 Å². The Labute approximate surface area is 179 Å². The molecule has 0 saturated carbocycles. The fourth-order valence-corrected chi connectivity index (χ4v) is 5.30. The van der Waals surface area contributed by atoms with Crippen LogP contribution in [0.5, 0.6) is 0 Å². The number of carbonyl (C=O) groups is 1. The van der Waals surface area contributed by atoms with Crippen molar-refractivity contribution in [2.75, 3.05) is 0 Å². The van der Waals surface area contributed by atoms with Crippen LogP contribution in [-0.4, -0.2) is 11.0 Å². The van der Waals surface area contributed by atoms with Crippen LogP contribution < -0.4 is 5.32 Å². The van der Waals surface area contributed by atoms with Gasteiger partial charge in [-0.1, -0.05) is 77.8 Å². The molecule has 3 atom stereocenters. The molecular formula is C23H19Cl2NOS. The number of hydrogen-bond donors (Lipinski definition) is 1. The molecular weight excluding hydrogens is 409 g/mol. The van der Waals surface area contributed by atoms with Crippen molar-refractivity contribution in [3.63, 3.8) is 0 Å². The average molecular weight is 428 g/mol. The van der Waals surface area contributed by atoms with Crippen molar-refractivity contribution in [3.8, 4) is 0 Å². The maximum Gasteiger partial charge on any atom is 0.150 e. The van der Waals surface area contributed by atoms with E-state index in [1.54, 1.807) is 11.8 Å². The van der Waals surface area contributed by atoms with Gasteiger partial charge in [0.25, 0.3) is 0 Å². The molecule has 1 aliphatic heterocycles. The van der Waals surface area contributed by atoms with Gasteiger partial charge < -0.3 is 5.32 Å². The van der Waals surface area contributed by atoms with Crippen molar-refractivity contribution >= 4 is 40.7 Å². The van der Waals surface area contributed by atoms with Crippen molar-refractivity contribution < 1.29 is 4.79 Å². The van der Waals surface area contributed by atoms with E-state index in [1.807, 2.05) is 78.9 Å². The molecule has 0 aliphatic carbocycles. The summed E-state index contributed by atoms with van der Waals surface area (Å²) in [6.45, 7) is 0. The zero-order valence-electron chi connectivity index (χ0n) is 15.0. The van der Waals surface area contributed by atoms with E-state index in [4.69, 9.17) is 23.2 Å². The molecule has 1 aliphatic rings. The lowest BCUT2D eigenvalue weighted by Gasteiger charge is -2.37. The molecule has 1 saturated heterocycles. The Morgan fingerprint density at radius 3 is 2.00 bits per heavy atom. The van der Waals surface area contributed by atoms with Crippen LogP contribution in [0.25, 0.3) is 0 Å². The first-order valence-corrected chi connectivity index (χ1v) is 10.8. The molecule has 0 amide bonds. The highest BCUT2D eigenvalue weighted by molar-refractivity contribution is 8.00. The largest absolute Gasteiger partial charge is 0.301 e. The molecule has 5 heteroatoms. The van der Waals surface area contributed by atoms with Gasteiger partial charge in [0.15, 0.2) is 0 Å². The second-order valence-electron chi connectivity index (χ2n) is 6.76. The van der Waals surface area contributed by atoms with Gasteiger partial charge in [-0.2, -0.15) is 0 Å². The molecule has 3 aromatic carbocycles. The minimum absolute atomic E-state index is 0.143. The van der Waals surface area contributed by atoms with Gasteiger partial charge >= 0.3 is 0 Å². The summed E-state index contributed by atoms with van der Waals surface area (Å²) in [6, 6.07) is 25.1. The van der Waals surface area contributed by atoms with E-state index in [-0.39, 0.29) is 23.1 Å². The lowest BCUT2D eigenvalue weighted by molar-refractivity contribution is -0.121. The molecule has 4 rings (SSSR count). The van der Waals surface area contributed by atoms with Crippen LogP contribution in [0.1, 0.15) is 29.6 Å². The van der Waals surface area contributed by atoms with E-state index in [0.717, 1.165) is 16.0 Å². The van der Waals surface area contributed by atoms with Gasteiger partial charge in [-0.25, -0.2) is 0 Å². The molecule has 1 fully saturated rings. The van der Waals surface area contributed by atoms with Crippen LogP contribution in [0.3, 0.4) is 0 Å². The van der Waals surface area contributed by atoms with Gasteiger partial charge in [0.2, 0.25) is 0 Å². The zero-order valence-corrected chi connectivity index (χ0v) is 17.3. The monoisotopic (exact) mass is 427 g/mol. The van der Waals surface area contributed by atoms with Crippen LogP contribution in [0.4, 0.5) is 0 Å². The van der Waals surface area contributed by atoms with Crippen LogP contribution in [-0.2, 0) is 4.79 Å². The van der Waals surface area contributed by atoms with E-state index in [0.29, 0.717) is 16.5 Å². The Kier molecular flexibility index (Phi) is 6.07. The van der Waals surface area contributed by atoms with Gasteiger partial charge in [-0.15, -0.1) is 11.8 Å². The lowest BCUT2D eigenvalue weighted by atomic mass is 9.88. The summed E-state index contributed by atoms with van der Waals surface area (Å²) in [7, 11) is 0. The summed E-state index contributed by atoms with van der Waals surface area (Å²) in [6.07, 6.45) is 0.398. The fraction of sp³-hybridized carbons (Fsp3) is 0.174. The number of piperidine rings is 1. The van der Waals surface area contributed by atoms with Crippen molar-refractivity contribution in [1.82, 2.24) is 5.32 Å². The first-order valence-electron chi connectivity index (χ1n) is 9.13. The standard InChI is InChI=1S/C23H19Cl2NOS/c24-18-12-6-4-10-16(18)20-14-21(27)23(28-15-8-2-1-3-9-15)22(26-20)17-11-5-7-13-19(17)25/h1-13,20,22-23,26H,14H2. The van der Waals surface area contributed by atoms with Gasteiger partial charge in [0, 0.05) is 27.4 Å². The Bertz CT molecular complexity index is 979. The van der Waals surface area contributed by atoms with Crippen LogP contribution in [0, 0.1) is 0 Å². The van der Waals surface area contributed by atoms with E-state index in [1.165, 1.54) is 0 Å². The predicted molar refractivity (Wildman–Crippen MR) is 117 cm³/mol. The molecule has 142 valence electrons. The number of nitrogens with one attached hydrogen (secondary N) is 1. The summed E-state index contributed by atoms with van der Waals surface area (Å²) in [4.78, 5) is 14.3. The Morgan fingerprint density at radius 1 is 0.786 bits per heavy atom. The summed E-state index contributed by atoms with van der Waals surface area (Å²) in [5, 5.41) is 4.72. The van der Waals surface area contributed by atoms with Gasteiger partial charge in [0.1, 0.15) is 5.78 Å². The number of ketones is 1. The third kappa shape index (κ3) is 4.13. The van der Waals surface area contributed by atoms with Gasteiger partial charge in [-0.3, -0.25) is 4.79 Å². The number of thioether (sulfide) groups is 1.